The highest BCUT2D eigenvalue weighted by atomic mass is 16.5. The summed E-state index contributed by atoms with van der Waals surface area (Å²) in [6.45, 7) is 3.15. The van der Waals surface area contributed by atoms with Gasteiger partial charge in [-0.2, -0.15) is 0 Å². The van der Waals surface area contributed by atoms with Crippen LogP contribution in [0.2, 0.25) is 0 Å². The molecule has 1 aromatic heterocycles. The Morgan fingerprint density at radius 2 is 2.05 bits per heavy atom. The molecule has 1 atom stereocenters. The molecule has 0 saturated heterocycles. The van der Waals surface area contributed by atoms with Crippen LogP contribution in [-0.4, -0.2) is 33.4 Å². The lowest BCUT2D eigenvalue weighted by atomic mass is 10.1. The minimum absolute atomic E-state index is 0.116. The van der Waals surface area contributed by atoms with Gasteiger partial charge in [-0.1, -0.05) is 17.7 Å². The largest absolute Gasteiger partial charge is 0.494 e. The fourth-order valence-corrected chi connectivity index (χ4v) is 1.89. The van der Waals surface area contributed by atoms with Crippen LogP contribution < -0.4 is 10.5 Å². The Hall–Kier alpha value is -1.95. The van der Waals surface area contributed by atoms with E-state index in [1.165, 1.54) is 5.56 Å². The first-order valence-corrected chi connectivity index (χ1v) is 6.32. The van der Waals surface area contributed by atoms with Gasteiger partial charge in [-0.3, -0.25) is 0 Å². The molecule has 1 unspecified atom stereocenters. The number of nitrogens with zero attached hydrogens (tertiary/aromatic N) is 4. The van der Waals surface area contributed by atoms with Crippen LogP contribution in [0.15, 0.2) is 24.3 Å². The molecule has 0 radical (unpaired) electrons. The Balaban J connectivity index is 1.87. The second-order valence-electron chi connectivity index (χ2n) is 4.54. The molecule has 6 nitrogen and oxygen atoms in total. The number of aromatic nitrogens is 4. The van der Waals surface area contributed by atoms with Crippen LogP contribution in [0.5, 0.6) is 5.75 Å². The molecule has 102 valence electrons. The first kappa shape index (κ1) is 13.5. The first-order valence-electron chi connectivity index (χ1n) is 6.32. The number of ether oxygens (including phenoxy) is 1. The van der Waals surface area contributed by atoms with Gasteiger partial charge in [-0.05, 0) is 35.9 Å². The maximum absolute atomic E-state index is 5.77. The monoisotopic (exact) mass is 261 g/mol. The molecule has 0 saturated carbocycles. The van der Waals surface area contributed by atoms with E-state index in [2.05, 4.69) is 22.4 Å². The van der Waals surface area contributed by atoms with Crippen LogP contribution in [0.25, 0.3) is 0 Å². The summed E-state index contributed by atoms with van der Waals surface area (Å²) in [6.07, 6.45) is 0.790. The standard InChI is InChI=1S/C13H19N5O/c1-10-3-5-12(6-4-10)19-8-7-11(9-14)13-15-16-17-18(13)2/h3-6,11H,7-9,14H2,1-2H3. The van der Waals surface area contributed by atoms with Gasteiger partial charge in [-0.15, -0.1) is 5.10 Å². The predicted molar refractivity (Wildman–Crippen MR) is 71.9 cm³/mol. The van der Waals surface area contributed by atoms with Gasteiger partial charge in [0.1, 0.15) is 5.75 Å². The van der Waals surface area contributed by atoms with Crippen molar-refractivity contribution >= 4 is 0 Å². The fourth-order valence-electron chi connectivity index (χ4n) is 1.89. The van der Waals surface area contributed by atoms with E-state index < -0.39 is 0 Å². The lowest BCUT2D eigenvalue weighted by Crippen LogP contribution is -2.19. The molecule has 2 rings (SSSR count). The van der Waals surface area contributed by atoms with Crippen molar-refractivity contribution in [3.63, 3.8) is 0 Å². The van der Waals surface area contributed by atoms with E-state index in [0.717, 1.165) is 18.0 Å². The van der Waals surface area contributed by atoms with E-state index in [1.807, 2.05) is 31.3 Å². The van der Waals surface area contributed by atoms with Gasteiger partial charge in [-0.25, -0.2) is 4.68 Å². The summed E-state index contributed by atoms with van der Waals surface area (Å²) in [5, 5.41) is 11.4. The molecule has 0 amide bonds. The number of hydrogen-bond donors (Lipinski definition) is 1. The molecule has 0 bridgehead atoms. The molecule has 0 aliphatic heterocycles. The first-order chi connectivity index (χ1) is 9.20. The van der Waals surface area contributed by atoms with E-state index in [-0.39, 0.29) is 5.92 Å². The maximum atomic E-state index is 5.77. The minimum Gasteiger partial charge on any atom is -0.494 e. The summed E-state index contributed by atoms with van der Waals surface area (Å²) in [4.78, 5) is 0. The van der Waals surface area contributed by atoms with E-state index in [0.29, 0.717) is 13.2 Å². The third-order valence-corrected chi connectivity index (χ3v) is 3.06. The summed E-state index contributed by atoms with van der Waals surface area (Å²) in [6, 6.07) is 8.00. The number of tetrazole rings is 1. The third-order valence-electron chi connectivity index (χ3n) is 3.06. The SMILES string of the molecule is Cc1ccc(OCCC(CN)c2nnnn2C)cc1. The number of rotatable bonds is 6. The van der Waals surface area contributed by atoms with Gasteiger partial charge in [0.15, 0.2) is 5.82 Å². The highest BCUT2D eigenvalue weighted by Gasteiger charge is 2.16. The third kappa shape index (κ3) is 3.51. The Morgan fingerprint density at radius 1 is 1.32 bits per heavy atom. The number of aryl methyl sites for hydroxylation is 2. The zero-order valence-electron chi connectivity index (χ0n) is 11.3. The second kappa shape index (κ2) is 6.29. The second-order valence-corrected chi connectivity index (χ2v) is 4.54. The fraction of sp³-hybridized carbons (Fsp3) is 0.462. The Morgan fingerprint density at radius 3 is 2.63 bits per heavy atom. The Kier molecular flexibility index (Phi) is 4.46. The van der Waals surface area contributed by atoms with Crippen molar-refractivity contribution in [2.45, 2.75) is 19.3 Å². The predicted octanol–water partition coefficient (Wildman–Crippen LogP) is 1.03. The van der Waals surface area contributed by atoms with Crippen molar-refractivity contribution in [3.05, 3.63) is 35.7 Å². The lowest BCUT2D eigenvalue weighted by Gasteiger charge is -2.13. The van der Waals surface area contributed by atoms with Crippen molar-refractivity contribution in [3.8, 4) is 5.75 Å². The topological polar surface area (TPSA) is 78.8 Å². The van der Waals surface area contributed by atoms with Crippen molar-refractivity contribution in [1.82, 2.24) is 20.2 Å². The van der Waals surface area contributed by atoms with E-state index >= 15 is 0 Å². The van der Waals surface area contributed by atoms with Crippen LogP contribution >= 0.6 is 0 Å². The summed E-state index contributed by atoms with van der Waals surface area (Å²) >= 11 is 0. The number of nitrogens with two attached hydrogens (primary N) is 1. The highest BCUT2D eigenvalue weighted by molar-refractivity contribution is 5.26. The van der Waals surface area contributed by atoms with Gasteiger partial charge in [0.05, 0.1) is 6.61 Å². The number of benzene rings is 1. The van der Waals surface area contributed by atoms with Crippen LogP contribution in [0.1, 0.15) is 23.7 Å². The summed E-state index contributed by atoms with van der Waals surface area (Å²) in [5.74, 6) is 1.79. The summed E-state index contributed by atoms with van der Waals surface area (Å²) in [5.41, 5.74) is 6.99. The molecule has 0 spiro atoms. The average molecular weight is 261 g/mol. The lowest BCUT2D eigenvalue weighted by molar-refractivity contribution is 0.294. The Labute approximate surface area is 112 Å². The molecule has 19 heavy (non-hydrogen) atoms. The zero-order chi connectivity index (χ0) is 13.7. The molecule has 0 fully saturated rings. The zero-order valence-corrected chi connectivity index (χ0v) is 11.3. The molecule has 1 heterocycles. The quantitative estimate of drug-likeness (QED) is 0.840. The van der Waals surface area contributed by atoms with Crippen molar-refractivity contribution in [1.29, 1.82) is 0 Å². The highest BCUT2D eigenvalue weighted by Crippen LogP contribution is 2.16. The summed E-state index contributed by atoms with van der Waals surface area (Å²) in [7, 11) is 1.82. The molecular formula is C13H19N5O. The van der Waals surface area contributed by atoms with Crippen LogP contribution in [0, 0.1) is 6.92 Å². The van der Waals surface area contributed by atoms with Gasteiger partial charge in [0, 0.05) is 19.5 Å². The smallest absolute Gasteiger partial charge is 0.155 e. The molecular weight excluding hydrogens is 242 g/mol. The van der Waals surface area contributed by atoms with E-state index in [9.17, 15) is 0 Å². The van der Waals surface area contributed by atoms with Gasteiger partial charge < -0.3 is 10.5 Å². The molecule has 1 aromatic carbocycles. The van der Waals surface area contributed by atoms with E-state index in [1.54, 1.807) is 4.68 Å². The molecule has 0 aliphatic carbocycles. The molecule has 0 aliphatic rings. The summed E-state index contributed by atoms with van der Waals surface area (Å²) < 4.78 is 7.35. The average Bonchev–Trinajstić information content (AvgIpc) is 2.83. The van der Waals surface area contributed by atoms with Gasteiger partial charge in [0.25, 0.3) is 0 Å². The van der Waals surface area contributed by atoms with Crippen LogP contribution in [0.4, 0.5) is 0 Å². The minimum atomic E-state index is 0.116. The van der Waals surface area contributed by atoms with Crippen molar-refractivity contribution in [2.75, 3.05) is 13.2 Å². The van der Waals surface area contributed by atoms with Crippen molar-refractivity contribution in [2.24, 2.45) is 12.8 Å². The maximum Gasteiger partial charge on any atom is 0.155 e. The van der Waals surface area contributed by atoms with E-state index in [4.69, 9.17) is 10.5 Å². The van der Waals surface area contributed by atoms with Gasteiger partial charge in [0.2, 0.25) is 0 Å². The van der Waals surface area contributed by atoms with Gasteiger partial charge >= 0.3 is 0 Å². The molecule has 2 N–H and O–H groups in total. The molecule has 6 heteroatoms. The normalized spacial score (nSPS) is 12.4. The van der Waals surface area contributed by atoms with Crippen molar-refractivity contribution < 1.29 is 4.74 Å². The van der Waals surface area contributed by atoms with Crippen LogP contribution in [0.3, 0.4) is 0 Å². The molecule has 2 aromatic rings. The Bertz CT molecular complexity index is 508. The van der Waals surface area contributed by atoms with Crippen LogP contribution in [-0.2, 0) is 7.05 Å². The number of hydrogen-bond acceptors (Lipinski definition) is 5.